The molecule has 0 radical (unpaired) electrons. The second kappa shape index (κ2) is 4.84. The van der Waals surface area contributed by atoms with Gasteiger partial charge in [-0.05, 0) is 17.7 Å². The minimum atomic E-state index is -4.51. The Hall–Kier alpha value is -1.57. The molecule has 1 heterocycles. The number of hydrogen-bond donors (Lipinski definition) is 1. The number of fused-ring (bicyclic) bond motifs is 1. The second-order valence-electron chi connectivity index (χ2n) is 3.73. The number of rotatable bonds is 2. The molecule has 2 rings (SSSR count). The van der Waals surface area contributed by atoms with Gasteiger partial charge in [0.25, 0.3) is 11.6 Å². The molecule has 8 heteroatoms. The molecule has 0 bridgehead atoms. The van der Waals surface area contributed by atoms with Crippen molar-refractivity contribution >= 4 is 26.8 Å². The van der Waals surface area contributed by atoms with E-state index in [1.807, 2.05) is 0 Å². The van der Waals surface area contributed by atoms with Crippen LogP contribution in [0.2, 0.25) is 0 Å². The lowest BCUT2D eigenvalue weighted by atomic mass is 10.1. The average molecular weight is 337 g/mol. The van der Waals surface area contributed by atoms with E-state index in [4.69, 9.17) is 4.74 Å². The molecule has 4 nitrogen and oxygen atoms in total. The maximum absolute atomic E-state index is 12.9. The van der Waals surface area contributed by atoms with Gasteiger partial charge in [0.1, 0.15) is 0 Å². The summed E-state index contributed by atoms with van der Waals surface area (Å²) in [6, 6.07) is 1.90. The van der Waals surface area contributed by atoms with Gasteiger partial charge in [0.05, 0.1) is 23.6 Å². The summed E-state index contributed by atoms with van der Waals surface area (Å²) in [5.74, 6) is 0. The Morgan fingerprint density at radius 2 is 2.11 bits per heavy atom. The van der Waals surface area contributed by atoms with E-state index in [0.29, 0.717) is 0 Å². The predicted octanol–water partition coefficient (Wildman–Crippen LogP) is 2.85. The number of alkyl halides is 4. The molecule has 0 unspecified atom stereocenters. The van der Waals surface area contributed by atoms with Crippen LogP contribution in [0.4, 0.5) is 13.2 Å². The summed E-state index contributed by atoms with van der Waals surface area (Å²) in [6.07, 6.45) is -4.51. The van der Waals surface area contributed by atoms with Gasteiger partial charge in [-0.15, -0.1) is 0 Å². The number of methoxy groups -OCH3 is 1. The number of ether oxygens (including phenoxy) is 1. The normalized spacial score (nSPS) is 11.8. The van der Waals surface area contributed by atoms with Gasteiger partial charge in [-0.25, -0.2) is 0 Å². The molecule has 2 aromatic rings. The van der Waals surface area contributed by atoms with Gasteiger partial charge >= 0.3 is 6.18 Å². The first-order valence-electron chi connectivity index (χ1n) is 5.11. The number of H-pyrrole nitrogens is 1. The second-order valence-corrected chi connectivity index (χ2v) is 4.29. The molecule has 0 amide bonds. The zero-order valence-electron chi connectivity index (χ0n) is 9.64. The summed E-state index contributed by atoms with van der Waals surface area (Å²) >= 11 is 2.98. The van der Waals surface area contributed by atoms with E-state index in [-0.39, 0.29) is 27.8 Å². The lowest BCUT2D eigenvalue weighted by Gasteiger charge is -2.12. The topological polar surface area (TPSA) is 55.0 Å². The van der Waals surface area contributed by atoms with Crippen molar-refractivity contribution in [1.29, 1.82) is 0 Å². The van der Waals surface area contributed by atoms with E-state index in [1.54, 1.807) is 0 Å². The number of benzene rings is 1. The summed E-state index contributed by atoms with van der Waals surface area (Å²) in [7, 11) is 1.27. The zero-order chi connectivity index (χ0) is 14.2. The molecule has 0 aliphatic rings. The van der Waals surface area contributed by atoms with Crippen LogP contribution in [0.15, 0.2) is 16.9 Å². The summed E-state index contributed by atoms with van der Waals surface area (Å²) in [6.45, 7) is 0. The maximum atomic E-state index is 12.9. The molecule has 0 spiro atoms. The molecule has 0 saturated heterocycles. The maximum Gasteiger partial charge on any atom is 0.416 e. The molecule has 0 aliphatic heterocycles. The van der Waals surface area contributed by atoms with E-state index in [0.717, 1.165) is 6.07 Å². The van der Waals surface area contributed by atoms with Crippen molar-refractivity contribution in [3.8, 4) is 6.01 Å². The van der Waals surface area contributed by atoms with Crippen molar-refractivity contribution < 1.29 is 17.9 Å². The van der Waals surface area contributed by atoms with Crippen molar-refractivity contribution in [2.45, 2.75) is 11.5 Å². The first kappa shape index (κ1) is 13.9. The molecule has 0 atom stereocenters. The number of hydrogen-bond acceptors (Lipinski definition) is 3. The van der Waals surface area contributed by atoms with Gasteiger partial charge in [-0.3, -0.25) is 9.78 Å². The van der Waals surface area contributed by atoms with Crippen molar-refractivity contribution in [1.82, 2.24) is 9.97 Å². The summed E-state index contributed by atoms with van der Waals surface area (Å²) in [5.41, 5.74) is -1.44. The van der Waals surface area contributed by atoms with Crippen LogP contribution in [0.25, 0.3) is 10.9 Å². The van der Waals surface area contributed by atoms with Gasteiger partial charge in [0, 0.05) is 5.33 Å². The van der Waals surface area contributed by atoms with Crippen LogP contribution in [-0.4, -0.2) is 17.1 Å². The average Bonchev–Trinajstić information content (AvgIpc) is 2.36. The number of aromatic nitrogens is 2. The predicted molar refractivity (Wildman–Crippen MR) is 66.5 cm³/mol. The third kappa shape index (κ3) is 2.58. The fourth-order valence-electron chi connectivity index (χ4n) is 1.68. The molecule has 1 N–H and O–H groups in total. The van der Waals surface area contributed by atoms with Crippen LogP contribution >= 0.6 is 15.9 Å². The van der Waals surface area contributed by atoms with Gasteiger partial charge in [0.15, 0.2) is 0 Å². The van der Waals surface area contributed by atoms with Crippen LogP contribution in [-0.2, 0) is 11.5 Å². The molecule has 0 aliphatic carbocycles. The van der Waals surface area contributed by atoms with Crippen LogP contribution < -0.4 is 10.3 Å². The molecular weight excluding hydrogens is 329 g/mol. The van der Waals surface area contributed by atoms with E-state index in [1.165, 1.54) is 13.2 Å². The fraction of sp³-hybridized carbons (Fsp3) is 0.273. The Bertz CT molecular complexity index is 682. The molecule has 1 aromatic carbocycles. The smallest absolute Gasteiger partial charge is 0.416 e. The fourth-order valence-corrected chi connectivity index (χ4v) is 2.14. The third-order valence-corrected chi connectivity index (χ3v) is 3.16. The minimum absolute atomic E-state index is 0.0107. The van der Waals surface area contributed by atoms with Gasteiger partial charge in [-0.2, -0.15) is 18.2 Å². The SMILES string of the molecule is COc1nc2cc(C(F)(F)F)c(CBr)cc2c(=O)[nH]1. The molecule has 1 aromatic heterocycles. The quantitative estimate of drug-likeness (QED) is 0.858. The lowest BCUT2D eigenvalue weighted by Crippen LogP contribution is -2.13. The highest BCUT2D eigenvalue weighted by Crippen LogP contribution is 2.34. The molecule has 0 saturated carbocycles. The van der Waals surface area contributed by atoms with Crippen LogP contribution in [0.3, 0.4) is 0 Å². The van der Waals surface area contributed by atoms with Crippen LogP contribution in [0.1, 0.15) is 11.1 Å². The highest BCUT2D eigenvalue weighted by Gasteiger charge is 2.33. The van der Waals surface area contributed by atoms with Gasteiger partial charge in [0.2, 0.25) is 0 Å². The largest absolute Gasteiger partial charge is 0.468 e. The van der Waals surface area contributed by atoms with Gasteiger partial charge < -0.3 is 4.74 Å². The monoisotopic (exact) mass is 336 g/mol. The summed E-state index contributed by atoms with van der Waals surface area (Å²) in [4.78, 5) is 17.9. The lowest BCUT2D eigenvalue weighted by molar-refractivity contribution is -0.138. The molecule has 19 heavy (non-hydrogen) atoms. The number of halogens is 4. The standard InChI is InChI=1S/C11H8BrF3N2O2/c1-19-10-16-8-3-7(11(13,14)15)5(4-12)2-6(8)9(18)17-10/h2-3H,4H2,1H3,(H,16,17,18). The van der Waals surface area contributed by atoms with Crippen molar-refractivity contribution in [3.05, 3.63) is 33.6 Å². The number of nitrogens with one attached hydrogen (secondary N) is 1. The zero-order valence-corrected chi connectivity index (χ0v) is 11.2. The summed E-state index contributed by atoms with van der Waals surface area (Å²) < 4.78 is 43.4. The Kier molecular flexibility index (Phi) is 3.53. The van der Waals surface area contributed by atoms with Gasteiger partial charge in [-0.1, -0.05) is 15.9 Å². The third-order valence-electron chi connectivity index (χ3n) is 2.55. The molecule has 0 fully saturated rings. The van der Waals surface area contributed by atoms with E-state index in [9.17, 15) is 18.0 Å². The Balaban J connectivity index is 2.82. The Morgan fingerprint density at radius 3 is 2.63 bits per heavy atom. The highest BCUT2D eigenvalue weighted by molar-refractivity contribution is 9.08. The minimum Gasteiger partial charge on any atom is -0.468 e. The number of aromatic amines is 1. The van der Waals surface area contributed by atoms with E-state index < -0.39 is 17.3 Å². The Labute approximate surface area is 113 Å². The molecule has 102 valence electrons. The van der Waals surface area contributed by atoms with Crippen molar-refractivity contribution in [2.75, 3.05) is 7.11 Å². The molecular formula is C11H8BrF3N2O2. The van der Waals surface area contributed by atoms with Crippen molar-refractivity contribution in [2.24, 2.45) is 0 Å². The van der Waals surface area contributed by atoms with Crippen molar-refractivity contribution in [3.63, 3.8) is 0 Å². The van der Waals surface area contributed by atoms with E-state index in [2.05, 4.69) is 25.9 Å². The number of nitrogens with zero attached hydrogens (tertiary/aromatic N) is 1. The highest BCUT2D eigenvalue weighted by atomic mass is 79.9. The first-order chi connectivity index (χ1) is 8.86. The van der Waals surface area contributed by atoms with Crippen LogP contribution in [0.5, 0.6) is 6.01 Å². The van der Waals surface area contributed by atoms with Crippen LogP contribution in [0, 0.1) is 0 Å². The summed E-state index contributed by atoms with van der Waals surface area (Å²) in [5, 5.41) is 0.0757. The van der Waals surface area contributed by atoms with E-state index >= 15 is 0 Å². The first-order valence-corrected chi connectivity index (χ1v) is 6.23. The Morgan fingerprint density at radius 1 is 1.42 bits per heavy atom.